The third kappa shape index (κ3) is 5.13. The number of ether oxygens (including phenoxy) is 5. The van der Waals surface area contributed by atoms with Gasteiger partial charge in [0, 0.05) is 11.6 Å². The standard InChI is InChI=1S/C30H32FN3O6/c1-16(29(35)37-3)26(18-5-6-18)19-7-4-17-8-9-23(40-24(17)12-19)22-15-33-27(28(34-22)30-38-10-11-39-30)20-13-25(36-2)32-14-21(20)31/h4,7,12-16,18,23,26,30H,5-6,8-11H2,1-3H3/t16-,23?,26-/m0/s1. The second-order valence-corrected chi connectivity index (χ2v) is 10.5. The molecule has 2 aromatic heterocycles. The first-order chi connectivity index (χ1) is 19.5. The number of fused-ring (bicyclic) bond motifs is 1. The molecule has 6 rings (SSSR count). The minimum Gasteiger partial charge on any atom is -0.484 e. The predicted octanol–water partition coefficient (Wildman–Crippen LogP) is 5.10. The van der Waals surface area contributed by atoms with Crippen molar-refractivity contribution in [2.75, 3.05) is 27.4 Å². The molecule has 40 heavy (non-hydrogen) atoms. The zero-order valence-electron chi connectivity index (χ0n) is 22.8. The lowest BCUT2D eigenvalue weighted by molar-refractivity contribution is -0.145. The Morgan fingerprint density at radius 3 is 2.60 bits per heavy atom. The Labute approximate surface area is 232 Å². The number of aryl methyl sites for hydroxylation is 1. The van der Waals surface area contributed by atoms with Crippen LogP contribution in [0.25, 0.3) is 11.3 Å². The summed E-state index contributed by atoms with van der Waals surface area (Å²) in [6.07, 6.45) is 5.28. The number of rotatable bonds is 8. The fourth-order valence-electron chi connectivity index (χ4n) is 5.73. The Hall–Kier alpha value is -3.63. The van der Waals surface area contributed by atoms with Crippen molar-refractivity contribution in [1.29, 1.82) is 0 Å². The number of nitrogens with zero attached hydrogens (tertiary/aromatic N) is 3. The molecule has 3 aliphatic rings. The van der Waals surface area contributed by atoms with Gasteiger partial charge in [-0.2, -0.15) is 0 Å². The average Bonchev–Trinajstić information content (AvgIpc) is 3.67. The van der Waals surface area contributed by atoms with Crippen molar-refractivity contribution in [1.82, 2.24) is 15.0 Å². The van der Waals surface area contributed by atoms with Gasteiger partial charge in [0.05, 0.1) is 51.4 Å². The number of aromatic nitrogens is 3. The van der Waals surface area contributed by atoms with Crippen molar-refractivity contribution >= 4 is 5.97 Å². The summed E-state index contributed by atoms with van der Waals surface area (Å²) in [5, 5.41) is 0. The molecule has 3 atom stereocenters. The normalized spacial score (nSPS) is 20.4. The highest BCUT2D eigenvalue weighted by Gasteiger charge is 2.40. The number of benzene rings is 1. The molecule has 3 aromatic rings. The highest BCUT2D eigenvalue weighted by Crippen LogP contribution is 2.48. The molecule has 0 N–H and O–H groups in total. The van der Waals surface area contributed by atoms with Crippen molar-refractivity contribution in [2.24, 2.45) is 11.8 Å². The monoisotopic (exact) mass is 549 g/mol. The topological polar surface area (TPSA) is 102 Å². The molecule has 4 heterocycles. The van der Waals surface area contributed by atoms with E-state index < -0.39 is 12.1 Å². The number of hydrogen-bond acceptors (Lipinski definition) is 9. The van der Waals surface area contributed by atoms with Gasteiger partial charge in [-0.05, 0) is 54.7 Å². The van der Waals surface area contributed by atoms with Gasteiger partial charge in [-0.1, -0.05) is 19.1 Å². The number of pyridine rings is 1. The lowest BCUT2D eigenvalue weighted by atomic mass is 9.82. The number of esters is 1. The van der Waals surface area contributed by atoms with Crippen molar-refractivity contribution in [3.63, 3.8) is 0 Å². The molecule has 1 unspecified atom stereocenters. The van der Waals surface area contributed by atoms with E-state index in [0.717, 1.165) is 42.3 Å². The number of carbonyl (C=O) groups excluding carboxylic acids is 1. The molecule has 1 saturated carbocycles. The molecule has 0 amide bonds. The average molecular weight is 550 g/mol. The SMILES string of the molecule is COC(=O)[C@@H](C)[C@H](c1ccc2c(c1)OC(c1cnc(-c3cc(OC)ncc3F)c(C3OCCO3)n1)CC2)C1CC1. The van der Waals surface area contributed by atoms with Gasteiger partial charge in [-0.15, -0.1) is 0 Å². The van der Waals surface area contributed by atoms with Crippen molar-refractivity contribution in [3.05, 3.63) is 65.0 Å². The highest BCUT2D eigenvalue weighted by molar-refractivity contribution is 5.73. The summed E-state index contributed by atoms with van der Waals surface area (Å²) in [6.45, 7) is 2.74. The van der Waals surface area contributed by atoms with Crippen LogP contribution >= 0.6 is 0 Å². The van der Waals surface area contributed by atoms with Crippen molar-refractivity contribution < 1.29 is 32.9 Å². The molecule has 10 heteroatoms. The molecular weight excluding hydrogens is 517 g/mol. The molecule has 1 aliphatic carbocycles. The van der Waals surface area contributed by atoms with Crippen LogP contribution in [-0.2, 0) is 25.4 Å². The Balaban J connectivity index is 1.32. The minimum absolute atomic E-state index is 0.0799. The van der Waals surface area contributed by atoms with Crippen LogP contribution in [0, 0.1) is 17.7 Å². The second-order valence-electron chi connectivity index (χ2n) is 10.5. The van der Waals surface area contributed by atoms with Gasteiger partial charge in [0.15, 0.2) is 5.82 Å². The summed E-state index contributed by atoms with van der Waals surface area (Å²) in [5.41, 5.74) is 3.68. The highest BCUT2D eigenvalue weighted by atomic mass is 19.1. The second kappa shape index (κ2) is 11.1. The van der Waals surface area contributed by atoms with Crippen LogP contribution < -0.4 is 9.47 Å². The van der Waals surface area contributed by atoms with E-state index in [-0.39, 0.29) is 35.4 Å². The van der Waals surface area contributed by atoms with E-state index in [9.17, 15) is 9.18 Å². The first-order valence-electron chi connectivity index (χ1n) is 13.6. The molecule has 0 bridgehead atoms. The Morgan fingerprint density at radius 2 is 1.88 bits per heavy atom. The number of halogens is 1. The van der Waals surface area contributed by atoms with Gasteiger partial charge < -0.3 is 23.7 Å². The summed E-state index contributed by atoms with van der Waals surface area (Å²) in [5.74, 6) is 0.592. The summed E-state index contributed by atoms with van der Waals surface area (Å²) in [7, 11) is 2.90. The maximum atomic E-state index is 14.9. The summed E-state index contributed by atoms with van der Waals surface area (Å²) in [6, 6.07) is 7.76. The number of hydrogen-bond donors (Lipinski definition) is 0. The maximum Gasteiger partial charge on any atom is 0.309 e. The fraction of sp³-hybridized carbons (Fsp3) is 0.467. The minimum atomic E-state index is -0.775. The molecular formula is C30H32FN3O6. The van der Waals surface area contributed by atoms with Gasteiger partial charge in [0.1, 0.15) is 23.2 Å². The zero-order valence-corrected chi connectivity index (χ0v) is 22.8. The summed E-state index contributed by atoms with van der Waals surface area (Å²) in [4.78, 5) is 25.8. The Kier molecular flexibility index (Phi) is 7.37. The van der Waals surface area contributed by atoms with Crippen LogP contribution in [0.1, 0.15) is 67.0 Å². The fourth-order valence-corrected chi connectivity index (χ4v) is 5.73. The molecule has 1 aromatic carbocycles. The van der Waals surface area contributed by atoms with Gasteiger partial charge >= 0.3 is 5.97 Å². The van der Waals surface area contributed by atoms with Gasteiger partial charge in [0.2, 0.25) is 12.2 Å². The molecule has 9 nitrogen and oxygen atoms in total. The van der Waals surface area contributed by atoms with Crippen LogP contribution in [0.5, 0.6) is 11.6 Å². The van der Waals surface area contributed by atoms with Crippen LogP contribution in [0.4, 0.5) is 4.39 Å². The smallest absolute Gasteiger partial charge is 0.309 e. The van der Waals surface area contributed by atoms with E-state index in [1.54, 1.807) is 6.20 Å². The van der Waals surface area contributed by atoms with Crippen molar-refractivity contribution in [3.8, 4) is 22.9 Å². The number of methoxy groups -OCH3 is 2. The third-order valence-electron chi connectivity index (χ3n) is 7.95. The summed E-state index contributed by atoms with van der Waals surface area (Å²) < 4.78 is 43.1. The molecule has 210 valence electrons. The first kappa shape index (κ1) is 26.6. The quantitative estimate of drug-likeness (QED) is 0.355. The first-order valence-corrected chi connectivity index (χ1v) is 13.6. The molecule has 2 aliphatic heterocycles. The maximum absolute atomic E-state index is 14.9. The van der Waals surface area contributed by atoms with Gasteiger partial charge in [0.25, 0.3) is 0 Å². The number of carbonyl (C=O) groups is 1. The zero-order chi connectivity index (χ0) is 27.8. The predicted molar refractivity (Wildman–Crippen MR) is 141 cm³/mol. The van der Waals surface area contributed by atoms with Gasteiger partial charge in [-0.3, -0.25) is 9.78 Å². The largest absolute Gasteiger partial charge is 0.484 e. The van der Waals surface area contributed by atoms with Crippen LogP contribution in [0.3, 0.4) is 0 Å². The Morgan fingerprint density at radius 1 is 1.07 bits per heavy atom. The van der Waals surface area contributed by atoms with E-state index in [1.165, 1.54) is 20.3 Å². The van der Waals surface area contributed by atoms with Gasteiger partial charge in [-0.25, -0.2) is 14.4 Å². The van der Waals surface area contributed by atoms with E-state index in [4.69, 9.17) is 28.7 Å². The van der Waals surface area contributed by atoms with Crippen LogP contribution in [0.15, 0.2) is 36.7 Å². The van der Waals surface area contributed by atoms with E-state index in [1.807, 2.05) is 6.92 Å². The molecule has 1 saturated heterocycles. The molecule has 2 fully saturated rings. The third-order valence-corrected chi connectivity index (χ3v) is 7.95. The van der Waals surface area contributed by atoms with E-state index in [0.29, 0.717) is 42.6 Å². The van der Waals surface area contributed by atoms with Crippen LogP contribution in [0.2, 0.25) is 0 Å². The summed E-state index contributed by atoms with van der Waals surface area (Å²) >= 11 is 0. The van der Waals surface area contributed by atoms with E-state index >= 15 is 0 Å². The lowest BCUT2D eigenvalue weighted by Crippen LogP contribution is -2.23. The van der Waals surface area contributed by atoms with Crippen LogP contribution in [-0.4, -0.2) is 48.4 Å². The molecule has 0 spiro atoms. The lowest BCUT2D eigenvalue weighted by Gasteiger charge is -2.29. The molecule has 0 radical (unpaired) electrons. The van der Waals surface area contributed by atoms with E-state index in [2.05, 4.69) is 28.2 Å². The Bertz CT molecular complexity index is 1410. The van der Waals surface area contributed by atoms with Crippen molar-refractivity contribution in [2.45, 2.75) is 50.9 Å².